The van der Waals surface area contributed by atoms with Gasteiger partial charge < -0.3 is 9.88 Å². The van der Waals surface area contributed by atoms with E-state index in [9.17, 15) is 10.1 Å². The Bertz CT molecular complexity index is 1120. The number of hydrogen-bond donors (Lipinski definition) is 1. The van der Waals surface area contributed by atoms with Gasteiger partial charge in [0.1, 0.15) is 11.6 Å². The second-order valence-electron chi connectivity index (χ2n) is 6.55. The van der Waals surface area contributed by atoms with Crippen molar-refractivity contribution in [3.8, 4) is 11.8 Å². The molecule has 1 heterocycles. The summed E-state index contributed by atoms with van der Waals surface area (Å²) < 4.78 is 3.08. The molecular weight excluding hydrogens is 414 g/mol. The summed E-state index contributed by atoms with van der Waals surface area (Å²) in [4.78, 5) is 12.6. The molecule has 0 radical (unpaired) electrons. The van der Waals surface area contributed by atoms with Crippen LogP contribution >= 0.6 is 15.9 Å². The van der Waals surface area contributed by atoms with E-state index in [0.717, 1.165) is 32.7 Å². The molecule has 0 spiro atoms. The Morgan fingerprint density at radius 1 is 1.11 bits per heavy atom. The normalized spacial score (nSPS) is 11.2. The number of carbonyl (C=O) groups is 1. The van der Waals surface area contributed by atoms with Crippen molar-refractivity contribution in [1.82, 2.24) is 4.57 Å². The lowest BCUT2D eigenvalue weighted by Crippen LogP contribution is -2.14. The number of para-hydroxylation sites is 2. The molecule has 0 saturated heterocycles. The average Bonchev–Trinajstić information content (AvgIpc) is 2.95. The van der Waals surface area contributed by atoms with Crippen LogP contribution in [0.4, 0.5) is 5.69 Å². The van der Waals surface area contributed by atoms with Crippen LogP contribution in [0.1, 0.15) is 22.5 Å². The molecule has 4 nitrogen and oxygen atoms in total. The Labute approximate surface area is 173 Å². The fraction of sp³-hybridized carbons (Fsp3) is 0.130. The molecule has 1 amide bonds. The van der Waals surface area contributed by atoms with Crippen LogP contribution in [0.25, 0.3) is 11.8 Å². The number of nitrogens with zero attached hydrogens (tertiary/aromatic N) is 2. The molecule has 0 unspecified atom stereocenters. The van der Waals surface area contributed by atoms with E-state index in [4.69, 9.17) is 0 Å². The van der Waals surface area contributed by atoms with E-state index in [0.29, 0.717) is 5.69 Å². The number of benzene rings is 2. The van der Waals surface area contributed by atoms with Gasteiger partial charge in [0.05, 0.1) is 5.69 Å². The molecule has 3 rings (SSSR count). The van der Waals surface area contributed by atoms with Gasteiger partial charge in [0, 0.05) is 21.5 Å². The molecule has 1 aromatic heterocycles. The van der Waals surface area contributed by atoms with Gasteiger partial charge in [0.15, 0.2) is 0 Å². The molecule has 0 bridgehead atoms. The minimum atomic E-state index is -0.414. The SMILES string of the molecule is Cc1ccccc1NC(=O)/C(C#N)=C\c1cc(C)n(-c2ccccc2Br)c1C. The van der Waals surface area contributed by atoms with Gasteiger partial charge in [-0.3, -0.25) is 4.79 Å². The Morgan fingerprint density at radius 2 is 1.79 bits per heavy atom. The molecule has 28 heavy (non-hydrogen) atoms. The Hall–Kier alpha value is -3.10. The number of halogens is 1. The van der Waals surface area contributed by atoms with E-state index in [1.54, 1.807) is 6.08 Å². The number of carbonyl (C=O) groups excluding carboxylic acids is 1. The van der Waals surface area contributed by atoms with Crippen LogP contribution in [0.15, 0.2) is 64.6 Å². The molecular formula is C23H20BrN3O. The van der Waals surface area contributed by atoms with Crippen molar-refractivity contribution in [2.24, 2.45) is 0 Å². The van der Waals surface area contributed by atoms with E-state index >= 15 is 0 Å². The van der Waals surface area contributed by atoms with Crippen molar-refractivity contribution in [2.75, 3.05) is 5.32 Å². The largest absolute Gasteiger partial charge is 0.321 e. The van der Waals surface area contributed by atoms with Gasteiger partial charge >= 0.3 is 0 Å². The topological polar surface area (TPSA) is 57.8 Å². The zero-order valence-electron chi connectivity index (χ0n) is 16.0. The molecule has 0 aliphatic heterocycles. The van der Waals surface area contributed by atoms with Gasteiger partial charge in [-0.1, -0.05) is 30.3 Å². The highest BCUT2D eigenvalue weighted by Crippen LogP contribution is 2.27. The number of aryl methyl sites for hydroxylation is 2. The highest BCUT2D eigenvalue weighted by atomic mass is 79.9. The maximum Gasteiger partial charge on any atom is 0.266 e. The summed E-state index contributed by atoms with van der Waals surface area (Å²) in [5.41, 5.74) is 5.54. The lowest BCUT2D eigenvalue weighted by molar-refractivity contribution is -0.112. The zero-order chi connectivity index (χ0) is 20.3. The second kappa shape index (κ2) is 8.28. The van der Waals surface area contributed by atoms with E-state index in [-0.39, 0.29) is 5.57 Å². The first-order valence-corrected chi connectivity index (χ1v) is 9.64. The first-order valence-electron chi connectivity index (χ1n) is 8.85. The highest BCUT2D eigenvalue weighted by molar-refractivity contribution is 9.10. The van der Waals surface area contributed by atoms with Crippen LogP contribution in [0.3, 0.4) is 0 Å². The Morgan fingerprint density at radius 3 is 2.46 bits per heavy atom. The number of anilines is 1. The smallest absolute Gasteiger partial charge is 0.266 e. The summed E-state index contributed by atoms with van der Waals surface area (Å²) in [6.07, 6.45) is 1.64. The minimum Gasteiger partial charge on any atom is -0.321 e. The van der Waals surface area contributed by atoms with Crippen LogP contribution in [0.2, 0.25) is 0 Å². The molecule has 140 valence electrons. The molecule has 1 N–H and O–H groups in total. The fourth-order valence-electron chi connectivity index (χ4n) is 3.14. The van der Waals surface area contributed by atoms with Gasteiger partial charge in [0.25, 0.3) is 5.91 Å². The van der Waals surface area contributed by atoms with Crippen molar-refractivity contribution in [3.63, 3.8) is 0 Å². The zero-order valence-corrected chi connectivity index (χ0v) is 17.5. The van der Waals surface area contributed by atoms with Crippen molar-refractivity contribution in [3.05, 3.63) is 87.2 Å². The average molecular weight is 434 g/mol. The monoisotopic (exact) mass is 433 g/mol. The molecule has 0 aliphatic carbocycles. The van der Waals surface area contributed by atoms with Crippen LogP contribution in [0, 0.1) is 32.1 Å². The van der Waals surface area contributed by atoms with E-state index in [2.05, 4.69) is 25.8 Å². The Balaban J connectivity index is 1.97. The van der Waals surface area contributed by atoms with Gasteiger partial charge in [-0.2, -0.15) is 5.26 Å². The number of hydrogen-bond acceptors (Lipinski definition) is 2. The number of aromatic nitrogens is 1. The summed E-state index contributed by atoms with van der Waals surface area (Å²) in [6, 6.07) is 19.4. The van der Waals surface area contributed by atoms with E-state index in [1.807, 2.05) is 81.4 Å². The quantitative estimate of drug-likeness (QED) is 0.422. The van der Waals surface area contributed by atoms with Gasteiger partial charge in [-0.05, 0) is 78.2 Å². The van der Waals surface area contributed by atoms with Gasteiger partial charge in [-0.25, -0.2) is 0 Å². The molecule has 0 fully saturated rings. The fourth-order valence-corrected chi connectivity index (χ4v) is 3.61. The summed E-state index contributed by atoms with van der Waals surface area (Å²) in [6.45, 7) is 5.90. The summed E-state index contributed by atoms with van der Waals surface area (Å²) in [7, 11) is 0. The summed E-state index contributed by atoms with van der Waals surface area (Å²) >= 11 is 3.59. The standard InChI is InChI=1S/C23H20BrN3O/c1-15-8-4-6-10-21(15)26-23(28)19(14-25)13-18-12-16(2)27(17(18)3)22-11-7-5-9-20(22)24/h4-13H,1-3H3,(H,26,28)/b19-13-. The van der Waals surface area contributed by atoms with E-state index < -0.39 is 5.91 Å². The first-order chi connectivity index (χ1) is 13.4. The predicted molar refractivity (Wildman–Crippen MR) is 116 cm³/mol. The third-order valence-electron chi connectivity index (χ3n) is 4.62. The highest BCUT2D eigenvalue weighted by Gasteiger charge is 2.15. The van der Waals surface area contributed by atoms with E-state index in [1.165, 1.54) is 0 Å². The number of nitriles is 1. The molecule has 0 aliphatic rings. The first kappa shape index (κ1) is 19.7. The van der Waals surface area contributed by atoms with Crippen LogP contribution in [-0.4, -0.2) is 10.5 Å². The molecule has 5 heteroatoms. The van der Waals surface area contributed by atoms with Gasteiger partial charge in [-0.15, -0.1) is 0 Å². The summed E-state index contributed by atoms with van der Waals surface area (Å²) in [5.74, 6) is -0.414. The summed E-state index contributed by atoms with van der Waals surface area (Å²) in [5, 5.41) is 12.4. The minimum absolute atomic E-state index is 0.0654. The third-order valence-corrected chi connectivity index (χ3v) is 5.29. The van der Waals surface area contributed by atoms with Crippen LogP contribution in [0.5, 0.6) is 0 Å². The molecule has 3 aromatic rings. The van der Waals surface area contributed by atoms with Crippen LogP contribution in [-0.2, 0) is 4.79 Å². The predicted octanol–water partition coefficient (Wildman–Crippen LogP) is 5.71. The number of rotatable bonds is 4. The number of nitrogens with one attached hydrogen (secondary N) is 1. The van der Waals surface area contributed by atoms with Crippen molar-refractivity contribution in [2.45, 2.75) is 20.8 Å². The van der Waals surface area contributed by atoms with Crippen LogP contribution < -0.4 is 5.32 Å². The molecule has 0 atom stereocenters. The maximum absolute atomic E-state index is 12.6. The van der Waals surface area contributed by atoms with Gasteiger partial charge in [0.2, 0.25) is 0 Å². The molecule has 2 aromatic carbocycles. The number of amides is 1. The lowest BCUT2D eigenvalue weighted by atomic mass is 10.1. The van der Waals surface area contributed by atoms with Crippen molar-refractivity contribution in [1.29, 1.82) is 5.26 Å². The maximum atomic E-state index is 12.6. The molecule has 0 saturated carbocycles. The Kier molecular flexibility index (Phi) is 5.81. The second-order valence-corrected chi connectivity index (χ2v) is 7.41. The van der Waals surface area contributed by atoms with Crippen molar-refractivity contribution < 1.29 is 4.79 Å². The van der Waals surface area contributed by atoms with Crippen molar-refractivity contribution >= 4 is 33.6 Å². The lowest BCUT2D eigenvalue weighted by Gasteiger charge is -2.11. The third kappa shape index (κ3) is 3.92.